The van der Waals surface area contributed by atoms with Gasteiger partial charge < -0.3 is 19.9 Å². The smallest absolute Gasteiger partial charge is 0.405 e. The summed E-state index contributed by atoms with van der Waals surface area (Å²) in [5.74, 6) is 0.928. The zero-order valence-corrected chi connectivity index (χ0v) is 20.4. The molecule has 0 aliphatic carbocycles. The van der Waals surface area contributed by atoms with Gasteiger partial charge in [-0.05, 0) is 23.0 Å². The number of amides is 1. The first-order valence-electron chi connectivity index (χ1n) is 10.6. The van der Waals surface area contributed by atoms with E-state index in [0.717, 1.165) is 33.1 Å². The first-order valence-corrected chi connectivity index (χ1v) is 11.5. The zero-order valence-electron chi connectivity index (χ0n) is 19.6. The van der Waals surface area contributed by atoms with Gasteiger partial charge in [0, 0.05) is 34.9 Å². The Morgan fingerprint density at radius 3 is 2.10 bits per heavy atom. The second kappa shape index (κ2) is 8.43. The molecule has 31 heavy (non-hydrogen) atoms. The number of carbonyl (C=O) groups is 1. The standard InChI is InChI=1S/C24H34N2O4S/c1-22(2,3)16-12-15(13-17(19(16)28-7)23(4,5)6)18-14-31-20(26-18)24(30-21(25)27)8-10-29-11-9-24/h12-14H,8-11H2,1-7H3,(H2,25,27). The Bertz CT molecular complexity index is 912. The Morgan fingerprint density at radius 2 is 1.65 bits per heavy atom. The van der Waals surface area contributed by atoms with Crippen molar-refractivity contribution in [2.45, 2.75) is 70.8 Å². The molecule has 0 radical (unpaired) electrons. The fourth-order valence-corrected chi connectivity index (χ4v) is 5.00. The molecule has 2 heterocycles. The van der Waals surface area contributed by atoms with Gasteiger partial charge in [0.15, 0.2) is 5.60 Å². The lowest BCUT2D eigenvalue weighted by molar-refractivity contribution is -0.0728. The molecule has 1 aromatic carbocycles. The molecule has 1 fully saturated rings. The maximum atomic E-state index is 11.6. The minimum absolute atomic E-state index is 0.1000. The van der Waals surface area contributed by atoms with E-state index in [1.807, 2.05) is 5.38 Å². The van der Waals surface area contributed by atoms with Crippen LogP contribution in [0.2, 0.25) is 0 Å². The van der Waals surface area contributed by atoms with Gasteiger partial charge in [-0.1, -0.05) is 41.5 Å². The molecule has 1 aliphatic heterocycles. The second-order valence-corrected chi connectivity index (χ2v) is 11.0. The second-order valence-electron chi connectivity index (χ2n) is 10.2. The summed E-state index contributed by atoms with van der Waals surface area (Å²) in [5.41, 5.74) is 8.54. The number of carbonyl (C=O) groups excluding carboxylic acids is 1. The molecular formula is C24H34N2O4S. The first-order chi connectivity index (χ1) is 14.4. The minimum Gasteiger partial charge on any atom is -0.496 e. The van der Waals surface area contributed by atoms with E-state index in [9.17, 15) is 4.79 Å². The number of thiazole rings is 1. The van der Waals surface area contributed by atoms with Crippen molar-refractivity contribution in [1.29, 1.82) is 0 Å². The maximum Gasteiger partial charge on any atom is 0.405 e. The van der Waals surface area contributed by atoms with E-state index < -0.39 is 11.7 Å². The average Bonchev–Trinajstić information content (AvgIpc) is 3.16. The van der Waals surface area contributed by atoms with Crippen molar-refractivity contribution in [3.05, 3.63) is 33.6 Å². The van der Waals surface area contributed by atoms with Crippen LogP contribution < -0.4 is 10.5 Å². The van der Waals surface area contributed by atoms with Gasteiger partial charge in [0.05, 0.1) is 26.0 Å². The lowest BCUT2D eigenvalue weighted by Crippen LogP contribution is -2.39. The summed E-state index contributed by atoms with van der Waals surface area (Å²) in [6.07, 6.45) is 0.311. The monoisotopic (exact) mass is 446 g/mol. The Labute approximate surface area is 189 Å². The highest BCUT2D eigenvalue weighted by molar-refractivity contribution is 7.10. The van der Waals surface area contributed by atoms with Crippen LogP contribution in [0.4, 0.5) is 4.79 Å². The average molecular weight is 447 g/mol. The number of ether oxygens (including phenoxy) is 3. The Morgan fingerprint density at radius 1 is 1.10 bits per heavy atom. The molecule has 1 saturated heterocycles. The number of benzene rings is 1. The highest BCUT2D eigenvalue weighted by Gasteiger charge is 2.41. The van der Waals surface area contributed by atoms with Crippen LogP contribution in [-0.4, -0.2) is 31.4 Å². The summed E-state index contributed by atoms with van der Waals surface area (Å²) >= 11 is 1.50. The van der Waals surface area contributed by atoms with Crippen molar-refractivity contribution in [3.8, 4) is 17.0 Å². The minimum atomic E-state index is -0.820. The topological polar surface area (TPSA) is 83.7 Å². The van der Waals surface area contributed by atoms with E-state index in [4.69, 9.17) is 24.9 Å². The molecule has 0 bridgehead atoms. The maximum absolute atomic E-state index is 11.6. The third-order valence-corrected chi connectivity index (χ3v) is 6.72. The van der Waals surface area contributed by atoms with Crippen molar-refractivity contribution >= 4 is 17.4 Å². The number of rotatable bonds is 4. The fourth-order valence-electron chi connectivity index (χ4n) is 3.98. The van der Waals surface area contributed by atoms with Crippen molar-refractivity contribution in [2.75, 3.05) is 20.3 Å². The lowest BCUT2D eigenvalue weighted by Gasteiger charge is -2.34. The molecule has 2 N–H and O–H groups in total. The third-order valence-electron chi connectivity index (χ3n) is 5.70. The zero-order chi connectivity index (χ0) is 23.0. The number of primary amides is 1. The van der Waals surface area contributed by atoms with Gasteiger partial charge in [-0.25, -0.2) is 9.78 Å². The number of nitrogens with two attached hydrogens (primary N) is 1. The van der Waals surface area contributed by atoms with Crippen molar-refractivity contribution in [3.63, 3.8) is 0 Å². The number of aromatic nitrogens is 1. The van der Waals surface area contributed by atoms with Gasteiger partial charge >= 0.3 is 6.09 Å². The number of hydrogen-bond donors (Lipinski definition) is 1. The van der Waals surface area contributed by atoms with Gasteiger partial charge in [0.25, 0.3) is 0 Å². The summed E-state index contributed by atoms with van der Waals surface area (Å²) in [4.78, 5) is 16.5. The van der Waals surface area contributed by atoms with Crippen LogP contribution in [0.15, 0.2) is 17.5 Å². The number of methoxy groups -OCH3 is 1. The molecule has 0 atom stereocenters. The third kappa shape index (κ3) is 4.88. The lowest BCUT2D eigenvalue weighted by atomic mass is 9.78. The Hall–Kier alpha value is -2.12. The van der Waals surface area contributed by atoms with Crippen LogP contribution in [0, 0.1) is 0 Å². The molecular weight excluding hydrogens is 412 g/mol. The van der Waals surface area contributed by atoms with E-state index in [1.54, 1.807) is 7.11 Å². The largest absolute Gasteiger partial charge is 0.496 e. The fraction of sp³-hybridized carbons (Fsp3) is 0.583. The molecule has 7 heteroatoms. The van der Waals surface area contributed by atoms with E-state index >= 15 is 0 Å². The molecule has 1 amide bonds. The van der Waals surface area contributed by atoms with Crippen LogP contribution in [0.1, 0.15) is 70.5 Å². The number of nitrogens with zero attached hydrogens (tertiary/aromatic N) is 1. The number of hydrogen-bond acceptors (Lipinski definition) is 6. The van der Waals surface area contributed by atoms with Crippen molar-refractivity contribution in [1.82, 2.24) is 4.98 Å². The summed E-state index contributed by atoms with van der Waals surface area (Å²) in [6, 6.07) is 4.33. The molecule has 6 nitrogen and oxygen atoms in total. The summed E-state index contributed by atoms with van der Waals surface area (Å²) in [5, 5.41) is 2.78. The Balaban J connectivity index is 2.14. The van der Waals surface area contributed by atoms with Crippen molar-refractivity contribution < 1.29 is 19.0 Å². The first kappa shape index (κ1) is 23.5. The highest BCUT2D eigenvalue weighted by atomic mass is 32.1. The van der Waals surface area contributed by atoms with Crippen LogP contribution in [-0.2, 0) is 25.9 Å². The van der Waals surface area contributed by atoms with E-state index in [2.05, 4.69) is 53.7 Å². The van der Waals surface area contributed by atoms with Crippen LogP contribution >= 0.6 is 11.3 Å². The molecule has 2 aromatic rings. The molecule has 0 unspecified atom stereocenters. The van der Waals surface area contributed by atoms with Gasteiger partial charge in [-0.15, -0.1) is 11.3 Å². The van der Waals surface area contributed by atoms with Crippen LogP contribution in [0.25, 0.3) is 11.3 Å². The van der Waals surface area contributed by atoms with Crippen molar-refractivity contribution in [2.24, 2.45) is 5.73 Å². The van der Waals surface area contributed by atoms with Gasteiger partial charge in [0.2, 0.25) is 0 Å². The molecule has 1 aliphatic rings. The molecule has 0 saturated carbocycles. The predicted octanol–water partition coefficient (Wildman–Crippen LogP) is 5.51. The summed E-state index contributed by atoms with van der Waals surface area (Å²) in [6.45, 7) is 14.1. The predicted molar refractivity (Wildman–Crippen MR) is 124 cm³/mol. The van der Waals surface area contributed by atoms with E-state index in [-0.39, 0.29) is 10.8 Å². The van der Waals surface area contributed by atoms with Crippen LogP contribution in [0.5, 0.6) is 5.75 Å². The molecule has 0 spiro atoms. The molecule has 1 aromatic heterocycles. The summed E-state index contributed by atoms with van der Waals surface area (Å²) in [7, 11) is 1.73. The Kier molecular flexibility index (Phi) is 6.40. The summed E-state index contributed by atoms with van der Waals surface area (Å²) < 4.78 is 17.0. The molecule has 3 rings (SSSR count). The van der Waals surface area contributed by atoms with E-state index in [1.165, 1.54) is 11.3 Å². The van der Waals surface area contributed by atoms with Gasteiger partial charge in [-0.2, -0.15) is 0 Å². The normalized spacial score (nSPS) is 16.7. The highest BCUT2D eigenvalue weighted by Crippen LogP contribution is 2.44. The van der Waals surface area contributed by atoms with Crippen LogP contribution in [0.3, 0.4) is 0 Å². The van der Waals surface area contributed by atoms with Gasteiger partial charge in [-0.3, -0.25) is 0 Å². The molecule has 170 valence electrons. The quantitative estimate of drug-likeness (QED) is 0.669. The van der Waals surface area contributed by atoms with Gasteiger partial charge in [0.1, 0.15) is 10.8 Å². The van der Waals surface area contributed by atoms with E-state index in [0.29, 0.717) is 26.1 Å². The SMILES string of the molecule is COc1c(C(C)(C)C)cc(-c2csc(C3(OC(N)=O)CCOCC3)n2)cc1C(C)(C)C.